The Morgan fingerprint density at radius 3 is 1.47 bits per heavy atom. The fourth-order valence-corrected chi connectivity index (χ4v) is 12.5. The highest BCUT2D eigenvalue weighted by atomic mass is 35.5. The van der Waals surface area contributed by atoms with Gasteiger partial charge >= 0.3 is 0 Å². The Bertz CT molecular complexity index is 2810. The summed E-state index contributed by atoms with van der Waals surface area (Å²) in [6.45, 7) is 4.70. The maximum Gasteiger partial charge on any atom is 0.251 e. The van der Waals surface area contributed by atoms with Gasteiger partial charge in [-0.2, -0.15) is 0 Å². The topological polar surface area (TPSA) is 202 Å². The summed E-state index contributed by atoms with van der Waals surface area (Å²) in [4.78, 5) is 30.4. The molecule has 404 valence electrons. The van der Waals surface area contributed by atoms with E-state index in [0.29, 0.717) is 39.6 Å². The minimum absolute atomic E-state index is 0.00162. The summed E-state index contributed by atoms with van der Waals surface area (Å²) in [6.07, 6.45) is 0.297. The molecule has 4 N–H and O–H groups in total. The molecule has 2 aliphatic heterocycles. The van der Waals surface area contributed by atoms with Crippen molar-refractivity contribution in [1.82, 2.24) is 25.2 Å². The minimum atomic E-state index is -3.78. The van der Waals surface area contributed by atoms with Gasteiger partial charge in [-0.05, 0) is 121 Å². The molecule has 16 nitrogen and oxygen atoms in total. The SMILES string of the molecule is CN1Cc2c(Cl)cc(Cl)cc2C(c2ccc(S(=O)(=O)CCCOCCOCCNC(=O)c3cc(O)cc(C(=O)NCCOCCOCCNS(=O)(=O)c4ccc(C5CN(C)Cc6c(Cl)cc(Cl)cc65)cc4)c3)cc2)C1. The van der Waals surface area contributed by atoms with Gasteiger partial charge in [0.2, 0.25) is 10.0 Å². The molecule has 2 unspecified atom stereocenters. The third kappa shape index (κ3) is 16.3. The zero-order valence-corrected chi connectivity index (χ0v) is 46.2. The molecule has 0 saturated heterocycles. The van der Waals surface area contributed by atoms with Gasteiger partial charge in [0.25, 0.3) is 11.8 Å². The van der Waals surface area contributed by atoms with Crippen molar-refractivity contribution >= 4 is 78.1 Å². The van der Waals surface area contributed by atoms with E-state index in [4.69, 9.17) is 65.4 Å². The first-order valence-electron chi connectivity index (χ1n) is 24.3. The van der Waals surface area contributed by atoms with Crippen molar-refractivity contribution in [2.24, 2.45) is 0 Å². The van der Waals surface area contributed by atoms with Crippen LogP contribution >= 0.6 is 46.4 Å². The Hall–Kier alpha value is -4.38. The van der Waals surface area contributed by atoms with Crippen molar-refractivity contribution in [3.63, 3.8) is 0 Å². The van der Waals surface area contributed by atoms with Crippen molar-refractivity contribution in [3.8, 4) is 5.75 Å². The van der Waals surface area contributed by atoms with E-state index in [1.807, 2.05) is 50.5 Å². The molecule has 5 aromatic carbocycles. The number of ether oxygens (including phenoxy) is 4. The molecule has 0 radical (unpaired) electrons. The largest absolute Gasteiger partial charge is 0.508 e. The Kier molecular flexibility index (Phi) is 21.2. The lowest BCUT2D eigenvalue weighted by Crippen LogP contribution is -2.31. The number of aromatic hydroxyl groups is 1. The number of sulfonamides is 1. The summed E-state index contributed by atoms with van der Waals surface area (Å²) in [5, 5.41) is 18.0. The van der Waals surface area contributed by atoms with Crippen LogP contribution in [0.3, 0.4) is 0 Å². The monoisotopic (exact) mass is 1150 g/mol. The van der Waals surface area contributed by atoms with Crippen LogP contribution < -0.4 is 15.4 Å². The Labute approximate surface area is 458 Å². The summed E-state index contributed by atoms with van der Waals surface area (Å²) in [5.74, 6) is -1.40. The quantitative estimate of drug-likeness (QED) is 0.0397. The van der Waals surface area contributed by atoms with Gasteiger partial charge in [-0.25, -0.2) is 21.6 Å². The number of hydrogen-bond donors (Lipinski definition) is 4. The van der Waals surface area contributed by atoms with Gasteiger partial charge in [-0.15, -0.1) is 0 Å². The van der Waals surface area contributed by atoms with Gasteiger partial charge < -0.3 is 44.5 Å². The average molecular weight is 1150 g/mol. The van der Waals surface area contributed by atoms with Crippen LogP contribution in [0.25, 0.3) is 0 Å². The molecule has 0 aromatic heterocycles. The van der Waals surface area contributed by atoms with E-state index in [-0.39, 0.29) is 117 Å². The van der Waals surface area contributed by atoms with Crippen molar-refractivity contribution in [2.45, 2.75) is 41.1 Å². The molecular weight excluding hydrogens is 1090 g/mol. The first-order valence-corrected chi connectivity index (χ1v) is 29.0. The number of benzene rings is 5. The van der Waals surface area contributed by atoms with E-state index >= 15 is 0 Å². The number of rotatable bonds is 26. The molecule has 7 rings (SSSR count). The normalized spacial score (nSPS) is 16.1. The van der Waals surface area contributed by atoms with E-state index in [9.17, 15) is 31.5 Å². The predicted octanol–water partition coefficient (Wildman–Crippen LogP) is 7.53. The lowest BCUT2D eigenvalue weighted by Gasteiger charge is -2.33. The van der Waals surface area contributed by atoms with E-state index in [1.165, 1.54) is 18.2 Å². The second kappa shape index (κ2) is 27.3. The molecule has 2 atom stereocenters. The van der Waals surface area contributed by atoms with Gasteiger partial charge in [0.1, 0.15) is 5.75 Å². The van der Waals surface area contributed by atoms with E-state index in [0.717, 1.165) is 46.5 Å². The highest BCUT2D eigenvalue weighted by molar-refractivity contribution is 7.91. The van der Waals surface area contributed by atoms with Crippen LogP contribution in [-0.4, -0.2) is 149 Å². The number of nitrogens with zero attached hydrogens (tertiary/aromatic N) is 2. The predicted molar refractivity (Wildman–Crippen MR) is 290 cm³/mol. The zero-order valence-electron chi connectivity index (χ0n) is 41.6. The minimum Gasteiger partial charge on any atom is -0.508 e. The summed E-state index contributed by atoms with van der Waals surface area (Å²) >= 11 is 25.7. The molecule has 5 aromatic rings. The first kappa shape index (κ1) is 58.3. The second-order valence-corrected chi connectivity index (χ2v) is 23.9. The molecule has 2 aliphatic rings. The number of carbonyl (C=O) groups is 2. The summed E-state index contributed by atoms with van der Waals surface area (Å²) in [5.41, 5.74) is 6.21. The number of hydrogen-bond acceptors (Lipinski definition) is 13. The lowest BCUT2D eigenvalue weighted by molar-refractivity contribution is 0.0486. The number of nitrogens with one attached hydrogen (secondary N) is 3. The maximum atomic E-state index is 13.1. The maximum absolute atomic E-state index is 13.1. The molecule has 0 saturated carbocycles. The van der Waals surface area contributed by atoms with Crippen LogP contribution in [0.1, 0.15) is 72.4 Å². The van der Waals surface area contributed by atoms with Crippen LogP contribution in [0.2, 0.25) is 20.1 Å². The van der Waals surface area contributed by atoms with Gasteiger partial charge in [0, 0.05) is 95.5 Å². The second-order valence-electron chi connectivity index (χ2n) is 18.3. The molecule has 22 heteroatoms. The third-order valence-electron chi connectivity index (χ3n) is 12.7. The van der Waals surface area contributed by atoms with E-state index in [2.05, 4.69) is 25.2 Å². The number of sulfone groups is 1. The summed E-state index contributed by atoms with van der Waals surface area (Å²) in [7, 11) is -3.29. The number of carbonyl (C=O) groups excluding carboxylic acids is 2. The Balaban J connectivity index is 0.709. The fraction of sp³-hybridized carbons (Fsp3) is 0.396. The fourth-order valence-electron chi connectivity index (χ4n) is 9.04. The Morgan fingerprint density at radius 1 is 0.573 bits per heavy atom. The van der Waals surface area contributed by atoms with Crippen molar-refractivity contribution < 1.29 is 50.5 Å². The van der Waals surface area contributed by atoms with E-state index in [1.54, 1.807) is 36.4 Å². The number of fused-ring (bicyclic) bond motifs is 2. The average Bonchev–Trinajstić information content (AvgIpc) is 3.37. The van der Waals surface area contributed by atoms with Gasteiger partial charge in [-0.3, -0.25) is 9.59 Å². The van der Waals surface area contributed by atoms with Crippen molar-refractivity contribution in [2.75, 3.05) is 105 Å². The van der Waals surface area contributed by atoms with Gasteiger partial charge in [-0.1, -0.05) is 70.7 Å². The van der Waals surface area contributed by atoms with Gasteiger partial charge in [0.05, 0.1) is 61.8 Å². The third-order valence-corrected chi connectivity index (χ3v) is 17.1. The van der Waals surface area contributed by atoms with Crippen LogP contribution in [0.5, 0.6) is 5.75 Å². The highest BCUT2D eigenvalue weighted by Crippen LogP contribution is 2.40. The number of likely N-dealkylation sites (N-methyl/N-ethyl adjacent to an activating group) is 2. The molecule has 0 aliphatic carbocycles. The van der Waals surface area contributed by atoms with Gasteiger partial charge in [0.15, 0.2) is 9.84 Å². The van der Waals surface area contributed by atoms with Crippen LogP contribution in [0, 0.1) is 0 Å². The number of halogens is 4. The lowest BCUT2D eigenvalue weighted by atomic mass is 9.85. The molecule has 2 amide bonds. The number of phenolic OH excluding ortho intramolecular Hbond substituents is 1. The standard InChI is InChI=1S/C53H61Cl4N5O11S2/c1-61-31-46(44-27-39(54)29-50(56)48(44)33-61)35-4-8-42(9-5-35)74(66,67)23-3-15-70-19-20-71-16-12-58-52(64)37-24-38(26-41(63)25-37)53(65)59-13-17-72-21-22-73-18-14-60-75(68,69)43-10-6-36(7-11-43)47-32-62(2)34-49-45(47)28-40(55)30-51(49)57/h4-11,24-30,46-47,60,63H,3,12-23,31-34H2,1-2H3,(H,58,64)(H,59,65). The Morgan fingerprint density at radius 2 is 1.00 bits per heavy atom. The van der Waals surface area contributed by atoms with Crippen LogP contribution in [0.4, 0.5) is 0 Å². The first-order chi connectivity index (χ1) is 35.9. The number of phenols is 1. The molecule has 0 spiro atoms. The molecule has 75 heavy (non-hydrogen) atoms. The van der Waals surface area contributed by atoms with Crippen molar-refractivity contribution in [3.05, 3.63) is 156 Å². The molecule has 0 bridgehead atoms. The highest BCUT2D eigenvalue weighted by Gasteiger charge is 2.29. The number of amides is 2. The smallest absolute Gasteiger partial charge is 0.251 e. The van der Waals surface area contributed by atoms with Crippen LogP contribution in [0.15, 0.2) is 101 Å². The molecule has 2 heterocycles. The summed E-state index contributed by atoms with van der Waals surface area (Å²) in [6, 6.07) is 25.0. The molecule has 0 fully saturated rings. The van der Waals surface area contributed by atoms with Crippen LogP contribution in [-0.2, 0) is 51.9 Å². The molecular formula is C53H61Cl4N5O11S2. The zero-order chi connectivity index (χ0) is 53.7. The van der Waals surface area contributed by atoms with Crippen molar-refractivity contribution in [1.29, 1.82) is 0 Å². The summed E-state index contributed by atoms with van der Waals surface area (Å²) < 4.78 is 76.8. The van der Waals surface area contributed by atoms with E-state index < -0.39 is 31.7 Å².